The van der Waals surface area contributed by atoms with Crippen LogP contribution in [-0.2, 0) is 0 Å². The average Bonchev–Trinajstić information content (AvgIpc) is 2.46. The van der Waals surface area contributed by atoms with Crippen LogP contribution in [-0.4, -0.2) is 18.0 Å². The van der Waals surface area contributed by atoms with Crippen molar-refractivity contribution in [1.29, 1.82) is 0 Å². The summed E-state index contributed by atoms with van der Waals surface area (Å²) in [6.45, 7) is 0. The number of hydrogen-bond donors (Lipinski definition) is 1. The number of allylic oxidation sites excluding steroid dienone is 1. The van der Waals surface area contributed by atoms with Gasteiger partial charge in [0, 0.05) is 0 Å². The van der Waals surface area contributed by atoms with E-state index in [0.717, 1.165) is 0 Å². The second-order valence-corrected chi connectivity index (χ2v) is 4.51. The van der Waals surface area contributed by atoms with Crippen molar-refractivity contribution < 1.29 is 14.6 Å². The van der Waals surface area contributed by atoms with Crippen molar-refractivity contribution in [2.45, 2.75) is 0 Å². The molecular weight excluding hydrogens is 276 g/mol. The van der Waals surface area contributed by atoms with Gasteiger partial charge in [0.1, 0.15) is 11.5 Å². The van der Waals surface area contributed by atoms with Crippen molar-refractivity contribution in [2.75, 3.05) is 7.11 Å². The topological polar surface area (TPSA) is 46.5 Å². The Morgan fingerprint density at radius 1 is 1.25 bits per heavy atom. The maximum Gasteiger partial charge on any atom is 0.189 e. The number of halogens is 1. The fourth-order valence-electron chi connectivity index (χ4n) is 1.71. The van der Waals surface area contributed by atoms with Crippen molar-refractivity contribution in [1.82, 2.24) is 0 Å². The van der Waals surface area contributed by atoms with Gasteiger partial charge in [-0.1, -0.05) is 23.7 Å². The molecule has 0 atom stereocenters. The Morgan fingerprint density at radius 3 is 2.65 bits per heavy atom. The van der Waals surface area contributed by atoms with Gasteiger partial charge in [-0.05, 0) is 48.0 Å². The summed E-state index contributed by atoms with van der Waals surface area (Å²) in [5.41, 5.74) is 0.963. The van der Waals surface area contributed by atoms with E-state index in [2.05, 4.69) is 0 Å². The van der Waals surface area contributed by atoms with E-state index in [1.165, 1.54) is 12.1 Å². The molecule has 20 heavy (non-hydrogen) atoms. The van der Waals surface area contributed by atoms with E-state index in [1.807, 2.05) is 0 Å². The van der Waals surface area contributed by atoms with Gasteiger partial charge in [0.15, 0.2) is 5.78 Å². The highest BCUT2D eigenvalue weighted by Gasteiger charge is 2.07. The van der Waals surface area contributed by atoms with Gasteiger partial charge in [0.2, 0.25) is 0 Å². The van der Waals surface area contributed by atoms with Gasteiger partial charge in [-0.25, -0.2) is 0 Å². The Labute approximate surface area is 122 Å². The van der Waals surface area contributed by atoms with Crippen LogP contribution >= 0.6 is 11.6 Å². The maximum atomic E-state index is 12.0. The monoisotopic (exact) mass is 288 g/mol. The smallest absolute Gasteiger partial charge is 0.189 e. The standard InChI is InChI=1S/C16H13ClO3/c1-20-12-8-6-11(14(17)10-12)7-9-16(19)13-4-2-3-5-15(13)18/h2-10,18H,1H3/b9-7+. The minimum atomic E-state index is -0.282. The number of methoxy groups -OCH3 is 1. The summed E-state index contributed by atoms with van der Waals surface area (Å²) in [4.78, 5) is 12.0. The third kappa shape index (κ3) is 3.19. The van der Waals surface area contributed by atoms with Gasteiger partial charge < -0.3 is 9.84 Å². The molecule has 3 nitrogen and oxygen atoms in total. The largest absolute Gasteiger partial charge is 0.507 e. The van der Waals surface area contributed by atoms with Crippen molar-refractivity contribution in [3.8, 4) is 11.5 Å². The van der Waals surface area contributed by atoms with Crippen LogP contribution in [0.4, 0.5) is 0 Å². The lowest BCUT2D eigenvalue weighted by atomic mass is 10.1. The summed E-state index contributed by atoms with van der Waals surface area (Å²) in [6, 6.07) is 11.6. The molecule has 0 unspecified atom stereocenters. The molecule has 0 radical (unpaired) electrons. The number of ether oxygens (including phenoxy) is 1. The van der Waals surface area contributed by atoms with Crippen LogP contribution in [0.5, 0.6) is 11.5 Å². The molecule has 0 aliphatic carbocycles. The normalized spacial score (nSPS) is 10.7. The Hall–Kier alpha value is -2.26. The third-order valence-corrected chi connectivity index (χ3v) is 3.12. The molecule has 0 bridgehead atoms. The number of rotatable bonds is 4. The lowest BCUT2D eigenvalue weighted by Crippen LogP contribution is -1.94. The number of benzene rings is 2. The second kappa shape index (κ2) is 6.26. The number of carbonyl (C=O) groups is 1. The van der Waals surface area contributed by atoms with Crippen LogP contribution in [0.15, 0.2) is 48.5 Å². The van der Waals surface area contributed by atoms with E-state index in [9.17, 15) is 9.90 Å². The molecule has 102 valence electrons. The summed E-state index contributed by atoms with van der Waals surface area (Å²) < 4.78 is 5.05. The maximum absolute atomic E-state index is 12.0. The molecule has 0 aliphatic rings. The molecule has 1 N–H and O–H groups in total. The molecule has 0 amide bonds. The van der Waals surface area contributed by atoms with Gasteiger partial charge in [-0.2, -0.15) is 0 Å². The first kappa shape index (κ1) is 14.2. The van der Waals surface area contributed by atoms with E-state index in [-0.39, 0.29) is 17.1 Å². The molecule has 0 saturated heterocycles. The first-order chi connectivity index (χ1) is 9.61. The third-order valence-electron chi connectivity index (χ3n) is 2.79. The Kier molecular flexibility index (Phi) is 4.43. The molecule has 2 aromatic carbocycles. The summed E-state index contributed by atoms with van der Waals surface area (Å²) >= 11 is 6.08. The van der Waals surface area contributed by atoms with Crippen LogP contribution in [0, 0.1) is 0 Å². The van der Waals surface area contributed by atoms with E-state index in [4.69, 9.17) is 16.3 Å². The number of ketones is 1. The zero-order valence-corrected chi connectivity index (χ0v) is 11.6. The van der Waals surface area contributed by atoms with Crippen LogP contribution in [0.1, 0.15) is 15.9 Å². The van der Waals surface area contributed by atoms with Gasteiger partial charge in [-0.3, -0.25) is 4.79 Å². The van der Waals surface area contributed by atoms with Crippen LogP contribution < -0.4 is 4.74 Å². The molecule has 0 fully saturated rings. The fraction of sp³-hybridized carbons (Fsp3) is 0.0625. The molecule has 0 heterocycles. The summed E-state index contributed by atoms with van der Waals surface area (Å²) in [5, 5.41) is 10.1. The first-order valence-corrected chi connectivity index (χ1v) is 6.33. The SMILES string of the molecule is COc1ccc(/C=C/C(=O)c2ccccc2O)c(Cl)c1. The highest BCUT2D eigenvalue weighted by molar-refractivity contribution is 6.32. The predicted octanol–water partition coefficient (Wildman–Crippen LogP) is 3.95. The number of carbonyl (C=O) groups excluding carboxylic acids is 1. The highest BCUT2D eigenvalue weighted by Crippen LogP contribution is 2.24. The van der Waals surface area contributed by atoms with Gasteiger partial charge >= 0.3 is 0 Å². The highest BCUT2D eigenvalue weighted by atomic mass is 35.5. The Morgan fingerprint density at radius 2 is 2.00 bits per heavy atom. The van der Waals surface area contributed by atoms with Crippen LogP contribution in [0.25, 0.3) is 6.08 Å². The molecule has 0 spiro atoms. The first-order valence-electron chi connectivity index (χ1n) is 5.96. The summed E-state index contributed by atoms with van der Waals surface area (Å²) in [5.74, 6) is 0.331. The molecular formula is C16H13ClO3. The molecule has 0 aromatic heterocycles. The van der Waals surface area contributed by atoms with Gasteiger partial charge in [0.25, 0.3) is 0 Å². The minimum Gasteiger partial charge on any atom is -0.507 e. The number of hydrogen-bond acceptors (Lipinski definition) is 3. The number of aromatic hydroxyl groups is 1. The van der Waals surface area contributed by atoms with Crippen molar-refractivity contribution in [2.24, 2.45) is 0 Å². The number of phenolic OH excluding ortho intramolecular Hbond substituents is 1. The quantitative estimate of drug-likeness (QED) is 0.684. The van der Waals surface area contributed by atoms with Gasteiger partial charge in [-0.15, -0.1) is 0 Å². The number of para-hydroxylation sites is 1. The molecule has 2 aromatic rings. The van der Waals surface area contributed by atoms with E-state index in [1.54, 1.807) is 49.6 Å². The van der Waals surface area contributed by atoms with E-state index < -0.39 is 0 Å². The Bertz CT molecular complexity index is 663. The van der Waals surface area contributed by atoms with E-state index >= 15 is 0 Å². The van der Waals surface area contributed by atoms with Crippen molar-refractivity contribution in [3.63, 3.8) is 0 Å². The summed E-state index contributed by atoms with van der Waals surface area (Å²) in [7, 11) is 1.56. The molecule has 4 heteroatoms. The summed E-state index contributed by atoms with van der Waals surface area (Å²) in [6.07, 6.45) is 2.99. The lowest BCUT2D eigenvalue weighted by Gasteiger charge is -2.03. The molecule has 0 saturated carbocycles. The second-order valence-electron chi connectivity index (χ2n) is 4.10. The number of phenols is 1. The van der Waals surface area contributed by atoms with Gasteiger partial charge in [0.05, 0.1) is 17.7 Å². The van der Waals surface area contributed by atoms with Crippen molar-refractivity contribution in [3.05, 3.63) is 64.7 Å². The lowest BCUT2D eigenvalue weighted by molar-refractivity contribution is 0.104. The molecule has 0 aliphatic heterocycles. The minimum absolute atomic E-state index is 0.0389. The average molecular weight is 289 g/mol. The Balaban J connectivity index is 2.22. The van der Waals surface area contributed by atoms with Crippen molar-refractivity contribution >= 4 is 23.5 Å². The zero-order chi connectivity index (χ0) is 14.5. The predicted molar refractivity (Wildman–Crippen MR) is 79.5 cm³/mol. The van der Waals surface area contributed by atoms with Crippen LogP contribution in [0.2, 0.25) is 5.02 Å². The fourth-order valence-corrected chi connectivity index (χ4v) is 1.94. The zero-order valence-electron chi connectivity index (χ0n) is 10.8. The van der Waals surface area contributed by atoms with Crippen LogP contribution in [0.3, 0.4) is 0 Å². The molecule has 2 rings (SSSR count). The van der Waals surface area contributed by atoms with E-state index in [0.29, 0.717) is 16.3 Å².